The molecule has 0 saturated heterocycles. The first-order chi connectivity index (χ1) is 12.8. The molecule has 2 aromatic rings. The average molecular weight is 371 g/mol. The number of carbonyl (C=O) groups excluding carboxylic acids is 1. The molecule has 0 spiro atoms. The molecule has 0 aliphatic rings. The molecular formula is C22H34N4O. The predicted octanol–water partition coefficient (Wildman–Crippen LogP) is 3.51. The lowest BCUT2D eigenvalue weighted by Crippen LogP contribution is -2.26. The molecule has 1 amide bonds. The van der Waals surface area contributed by atoms with Crippen LogP contribution in [0.15, 0.2) is 24.3 Å². The Kier molecular flexibility index (Phi) is 7.45. The van der Waals surface area contributed by atoms with Crippen molar-refractivity contribution in [2.24, 2.45) is 5.92 Å². The summed E-state index contributed by atoms with van der Waals surface area (Å²) in [5, 5.41) is 7.64. The SMILES string of the molecule is Cc1nn(CC(C)C)c(C)c1CC(=O)NCCCc1ccc(N(C)C)cc1. The topological polar surface area (TPSA) is 50.2 Å². The third kappa shape index (κ3) is 6.12. The first-order valence-electron chi connectivity index (χ1n) is 9.83. The first kappa shape index (κ1) is 21.0. The van der Waals surface area contributed by atoms with Crippen molar-refractivity contribution < 1.29 is 4.79 Å². The van der Waals surface area contributed by atoms with E-state index in [1.807, 2.05) is 25.7 Å². The molecule has 0 aliphatic carbocycles. The number of aryl methyl sites for hydroxylation is 2. The van der Waals surface area contributed by atoms with Crippen molar-refractivity contribution in [3.05, 3.63) is 46.8 Å². The van der Waals surface area contributed by atoms with Gasteiger partial charge in [-0.25, -0.2) is 0 Å². The highest BCUT2D eigenvalue weighted by molar-refractivity contribution is 5.79. The lowest BCUT2D eigenvalue weighted by molar-refractivity contribution is -0.120. The van der Waals surface area contributed by atoms with Crippen LogP contribution < -0.4 is 10.2 Å². The van der Waals surface area contributed by atoms with Crippen LogP contribution in [0.5, 0.6) is 0 Å². The van der Waals surface area contributed by atoms with Gasteiger partial charge < -0.3 is 10.2 Å². The fourth-order valence-corrected chi connectivity index (χ4v) is 3.22. The molecule has 1 heterocycles. The van der Waals surface area contributed by atoms with Gasteiger partial charge in [-0.1, -0.05) is 26.0 Å². The fraction of sp³-hybridized carbons (Fsp3) is 0.545. The number of hydrogen-bond donors (Lipinski definition) is 1. The standard InChI is InChI=1S/C22H34N4O/c1-16(2)15-26-18(4)21(17(3)24-26)14-22(27)23-13-7-8-19-9-11-20(12-10-19)25(5)6/h9-12,16H,7-8,13-15H2,1-6H3,(H,23,27). The molecule has 5 heteroatoms. The molecular weight excluding hydrogens is 336 g/mol. The van der Waals surface area contributed by atoms with Crippen molar-refractivity contribution in [2.75, 3.05) is 25.5 Å². The Morgan fingerprint density at radius 3 is 2.44 bits per heavy atom. The van der Waals surface area contributed by atoms with Crippen LogP contribution in [0.4, 0.5) is 5.69 Å². The van der Waals surface area contributed by atoms with Gasteiger partial charge >= 0.3 is 0 Å². The predicted molar refractivity (Wildman–Crippen MR) is 112 cm³/mol. The highest BCUT2D eigenvalue weighted by Crippen LogP contribution is 2.16. The van der Waals surface area contributed by atoms with E-state index in [-0.39, 0.29) is 5.91 Å². The van der Waals surface area contributed by atoms with E-state index in [9.17, 15) is 4.79 Å². The highest BCUT2D eigenvalue weighted by Gasteiger charge is 2.15. The second-order valence-electron chi connectivity index (χ2n) is 7.92. The van der Waals surface area contributed by atoms with Crippen LogP contribution in [0.1, 0.15) is 42.8 Å². The maximum atomic E-state index is 12.3. The van der Waals surface area contributed by atoms with Crippen LogP contribution in [0.3, 0.4) is 0 Å². The molecule has 0 radical (unpaired) electrons. The Morgan fingerprint density at radius 1 is 1.19 bits per heavy atom. The van der Waals surface area contributed by atoms with E-state index < -0.39 is 0 Å². The normalized spacial score (nSPS) is 11.1. The number of aromatic nitrogens is 2. The quantitative estimate of drug-likeness (QED) is 0.687. The molecule has 1 N–H and O–H groups in total. The smallest absolute Gasteiger partial charge is 0.224 e. The van der Waals surface area contributed by atoms with Crippen molar-refractivity contribution in [1.82, 2.24) is 15.1 Å². The van der Waals surface area contributed by atoms with E-state index in [4.69, 9.17) is 0 Å². The molecule has 148 valence electrons. The Balaban J connectivity index is 1.79. The van der Waals surface area contributed by atoms with E-state index in [0.29, 0.717) is 18.9 Å². The zero-order valence-corrected chi connectivity index (χ0v) is 17.7. The number of anilines is 1. The second kappa shape index (κ2) is 9.58. The van der Waals surface area contributed by atoms with Crippen LogP contribution >= 0.6 is 0 Å². The number of amides is 1. The zero-order chi connectivity index (χ0) is 20.0. The second-order valence-corrected chi connectivity index (χ2v) is 7.92. The number of hydrogen-bond acceptors (Lipinski definition) is 3. The molecule has 27 heavy (non-hydrogen) atoms. The Labute approximate surface area is 163 Å². The van der Waals surface area contributed by atoms with Gasteiger partial charge in [0.15, 0.2) is 0 Å². The minimum atomic E-state index is 0.0771. The summed E-state index contributed by atoms with van der Waals surface area (Å²) in [5.74, 6) is 0.615. The number of nitrogens with zero attached hydrogens (tertiary/aromatic N) is 3. The molecule has 0 atom stereocenters. The number of rotatable bonds is 9. The average Bonchev–Trinajstić information content (AvgIpc) is 2.86. The molecule has 0 aliphatic heterocycles. The first-order valence-corrected chi connectivity index (χ1v) is 9.83. The van der Waals surface area contributed by atoms with Crippen molar-refractivity contribution in [3.63, 3.8) is 0 Å². The molecule has 1 aromatic carbocycles. The summed E-state index contributed by atoms with van der Waals surface area (Å²) in [4.78, 5) is 14.4. The van der Waals surface area contributed by atoms with Crippen molar-refractivity contribution >= 4 is 11.6 Å². The number of nitrogens with one attached hydrogen (secondary N) is 1. The highest BCUT2D eigenvalue weighted by atomic mass is 16.1. The van der Waals surface area contributed by atoms with E-state index in [2.05, 4.69) is 60.4 Å². The van der Waals surface area contributed by atoms with Gasteiger partial charge in [-0.05, 0) is 50.3 Å². The van der Waals surface area contributed by atoms with E-state index in [1.54, 1.807) is 0 Å². The molecule has 0 fully saturated rings. The van der Waals surface area contributed by atoms with Gasteiger partial charge in [0.25, 0.3) is 0 Å². The molecule has 0 unspecified atom stereocenters. The Hall–Kier alpha value is -2.30. The molecule has 0 bridgehead atoms. The largest absolute Gasteiger partial charge is 0.378 e. The molecule has 0 saturated carbocycles. The zero-order valence-electron chi connectivity index (χ0n) is 17.7. The van der Waals surface area contributed by atoms with Gasteiger partial charge in [0, 0.05) is 44.1 Å². The maximum absolute atomic E-state index is 12.3. The minimum absolute atomic E-state index is 0.0771. The van der Waals surface area contributed by atoms with Crippen LogP contribution in [0, 0.1) is 19.8 Å². The van der Waals surface area contributed by atoms with Gasteiger partial charge in [0.1, 0.15) is 0 Å². The van der Waals surface area contributed by atoms with E-state index >= 15 is 0 Å². The Morgan fingerprint density at radius 2 is 1.85 bits per heavy atom. The lowest BCUT2D eigenvalue weighted by Gasteiger charge is -2.12. The van der Waals surface area contributed by atoms with Crippen LogP contribution in [0.2, 0.25) is 0 Å². The fourth-order valence-electron chi connectivity index (χ4n) is 3.22. The van der Waals surface area contributed by atoms with Crippen molar-refractivity contribution in [1.29, 1.82) is 0 Å². The summed E-state index contributed by atoms with van der Waals surface area (Å²) in [6.07, 6.45) is 2.32. The van der Waals surface area contributed by atoms with Crippen molar-refractivity contribution in [3.8, 4) is 0 Å². The van der Waals surface area contributed by atoms with Gasteiger partial charge in [-0.3, -0.25) is 9.48 Å². The number of carbonyl (C=O) groups is 1. The molecule has 1 aromatic heterocycles. The van der Waals surface area contributed by atoms with Crippen LogP contribution in [0.25, 0.3) is 0 Å². The van der Waals surface area contributed by atoms with Gasteiger partial charge in [0.05, 0.1) is 12.1 Å². The van der Waals surface area contributed by atoms with Gasteiger partial charge in [0.2, 0.25) is 5.91 Å². The molecule has 5 nitrogen and oxygen atoms in total. The van der Waals surface area contributed by atoms with Crippen LogP contribution in [-0.4, -0.2) is 36.3 Å². The summed E-state index contributed by atoms with van der Waals surface area (Å²) in [7, 11) is 4.08. The van der Waals surface area contributed by atoms with Gasteiger partial charge in [-0.2, -0.15) is 5.10 Å². The summed E-state index contributed by atoms with van der Waals surface area (Å²) in [6, 6.07) is 8.59. The minimum Gasteiger partial charge on any atom is -0.378 e. The summed E-state index contributed by atoms with van der Waals surface area (Å²) in [6.45, 7) is 9.99. The van der Waals surface area contributed by atoms with Crippen LogP contribution in [-0.2, 0) is 24.2 Å². The summed E-state index contributed by atoms with van der Waals surface area (Å²) >= 11 is 0. The molecule has 2 rings (SSSR count). The lowest BCUT2D eigenvalue weighted by atomic mass is 10.1. The third-order valence-electron chi connectivity index (χ3n) is 4.82. The monoisotopic (exact) mass is 370 g/mol. The van der Waals surface area contributed by atoms with E-state index in [0.717, 1.165) is 36.3 Å². The van der Waals surface area contributed by atoms with E-state index in [1.165, 1.54) is 11.3 Å². The third-order valence-corrected chi connectivity index (χ3v) is 4.82. The van der Waals surface area contributed by atoms with Gasteiger partial charge in [-0.15, -0.1) is 0 Å². The number of benzene rings is 1. The summed E-state index contributed by atoms with van der Waals surface area (Å²) < 4.78 is 2.03. The maximum Gasteiger partial charge on any atom is 0.224 e. The summed E-state index contributed by atoms with van der Waals surface area (Å²) in [5.41, 5.74) is 5.64. The Bertz CT molecular complexity index is 744. The van der Waals surface area contributed by atoms with Crippen molar-refractivity contribution in [2.45, 2.75) is 53.5 Å².